The van der Waals surface area contributed by atoms with Crippen LogP contribution in [0.2, 0.25) is 0 Å². The van der Waals surface area contributed by atoms with E-state index in [-0.39, 0.29) is 12.5 Å². The Morgan fingerprint density at radius 2 is 0.957 bits per heavy atom. The van der Waals surface area contributed by atoms with Gasteiger partial charge in [-0.3, -0.25) is 4.79 Å². The molecule has 0 bridgehead atoms. The van der Waals surface area contributed by atoms with E-state index in [0.29, 0.717) is 6.42 Å². The predicted molar refractivity (Wildman–Crippen MR) is 207 cm³/mol. The van der Waals surface area contributed by atoms with Crippen LogP contribution >= 0.6 is 0 Å². The molecule has 0 fully saturated rings. The summed E-state index contributed by atoms with van der Waals surface area (Å²) in [6.45, 7) is 4.16. The lowest BCUT2D eigenvalue weighted by molar-refractivity contribution is -0.123. The molecule has 0 aliphatic rings. The summed E-state index contributed by atoms with van der Waals surface area (Å²) in [4.78, 5) is 12.3. The first-order valence-electron chi connectivity index (χ1n) is 19.7. The van der Waals surface area contributed by atoms with Gasteiger partial charge in [-0.1, -0.05) is 170 Å². The highest BCUT2D eigenvalue weighted by Gasteiger charge is 2.17. The fourth-order valence-corrected chi connectivity index (χ4v) is 5.42. The SMILES string of the molecule is CC/C=C\C/C=C\C/C=C\C/C=C\CCCCCCC(=O)NC(CO)C(O)/C=C/CC/C=C/CCCCCCCCCCCCCC. The summed E-state index contributed by atoms with van der Waals surface area (Å²) in [6.07, 6.45) is 54.2. The van der Waals surface area contributed by atoms with Crippen molar-refractivity contribution >= 4 is 5.91 Å². The summed E-state index contributed by atoms with van der Waals surface area (Å²) in [5.74, 6) is -0.101. The zero-order valence-electron chi connectivity index (χ0n) is 30.8. The maximum atomic E-state index is 12.3. The van der Waals surface area contributed by atoms with Crippen LogP contribution in [0.4, 0.5) is 0 Å². The molecule has 2 unspecified atom stereocenters. The van der Waals surface area contributed by atoms with Gasteiger partial charge in [0.1, 0.15) is 0 Å². The third-order valence-electron chi connectivity index (χ3n) is 8.42. The number of amides is 1. The lowest BCUT2D eigenvalue weighted by atomic mass is 10.0. The van der Waals surface area contributed by atoms with Gasteiger partial charge in [0.25, 0.3) is 0 Å². The van der Waals surface area contributed by atoms with Crippen LogP contribution in [0.15, 0.2) is 72.9 Å². The number of allylic oxidation sites excluding steroid dienone is 11. The highest BCUT2D eigenvalue weighted by molar-refractivity contribution is 5.76. The van der Waals surface area contributed by atoms with Crippen molar-refractivity contribution in [3.05, 3.63) is 72.9 Å². The summed E-state index contributed by atoms with van der Waals surface area (Å²) in [7, 11) is 0. The van der Waals surface area contributed by atoms with Crippen LogP contribution in [0.1, 0.15) is 174 Å². The molecule has 47 heavy (non-hydrogen) atoms. The van der Waals surface area contributed by atoms with E-state index in [2.05, 4.69) is 79.9 Å². The molecule has 0 spiro atoms. The molecule has 4 heteroatoms. The molecular formula is C43H75NO3. The molecule has 4 nitrogen and oxygen atoms in total. The Kier molecular flexibility index (Phi) is 36.5. The first-order chi connectivity index (χ1) is 23.2. The zero-order chi connectivity index (χ0) is 34.3. The molecule has 0 aliphatic heterocycles. The van der Waals surface area contributed by atoms with Crippen LogP contribution in [0, 0.1) is 0 Å². The predicted octanol–water partition coefficient (Wildman–Crippen LogP) is 12.0. The summed E-state index contributed by atoms with van der Waals surface area (Å²) < 4.78 is 0. The van der Waals surface area contributed by atoms with Gasteiger partial charge in [-0.2, -0.15) is 0 Å². The quantitative estimate of drug-likeness (QED) is 0.0478. The van der Waals surface area contributed by atoms with Crippen LogP contribution in [0.3, 0.4) is 0 Å². The molecule has 0 saturated carbocycles. The number of hydrogen-bond donors (Lipinski definition) is 3. The summed E-state index contributed by atoms with van der Waals surface area (Å²) >= 11 is 0. The molecule has 0 aromatic heterocycles. The highest BCUT2D eigenvalue weighted by atomic mass is 16.3. The number of unbranched alkanes of at least 4 members (excludes halogenated alkanes) is 17. The van der Waals surface area contributed by atoms with E-state index in [4.69, 9.17) is 0 Å². The molecule has 0 aromatic rings. The van der Waals surface area contributed by atoms with Crippen LogP contribution < -0.4 is 5.32 Å². The minimum Gasteiger partial charge on any atom is -0.394 e. The van der Waals surface area contributed by atoms with Gasteiger partial charge in [-0.25, -0.2) is 0 Å². The lowest BCUT2D eigenvalue weighted by Gasteiger charge is -2.19. The maximum absolute atomic E-state index is 12.3. The Balaban J connectivity index is 3.73. The number of carbonyl (C=O) groups is 1. The van der Waals surface area contributed by atoms with Gasteiger partial charge in [0.05, 0.1) is 18.8 Å². The second kappa shape index (κ2) is 38.3. The summed E-state index contributed by atoms with van der Waals surface area (Å²) in [5, 5.41) is 22.9. The van der Waals surface area contributed by atoms with E-state index >= 15 is 0 Å². The Morgan fingerprint density at radius 1 is 0.532 bits per heavy atom. The van der Waals surface area contributed by atoms with Gasteiger partial charge in [0.2, 0.25) is 5.91 Å². The van der Waals surface area contributed by atoms with Crippen molar-refractivity contribution < 1.29 is 15.0 Å². The lowest BCUT2D eigenvalue weighted by Crippen LogP contribution is -2.45. The van der Waals surface area contributed by atoms with Crippen molar-refractivity contribution in [1.29, 1.82) is 0 Å². The molecule has 1 amide bonds. The van der Waals surface area contributed by atoms with Crippen LogP contribution in [0.5, 0.6) is 0 Å². The topological polar surface area (TPSA) is 69.6 Å². The smallest absolute Gasteiger partial charge is 0.220 e. The summed E-state index contributed by atoms with van der Waals surface area (Å²) in [5.41, 5.74) is 0. The molecule has 0 saturated heterocycles. The van der Waals surface area contributed by atoms with E-state index < -0.39 is 12.1 Å². The van der Waals surface area contributed by atoms with Gasteiger partial charge in [-0.05, 0) is 70.6 Å². The minimum absolute atomic E-state index is 0.101. The second-order valence-electron chi connectivity index (χ2n) is 13.0. The number of aliphatic hydroxyl groups excluding tert-OH is 2. The number of hydrogen-bond acceptors (Lipinski definition) is 3. The average molecular weight is 654 g/mol. The van der Waals surface area contributed by atoms with Crippen molar-refractivity contribution in [1.82, 2.24) is 5.32 Å². The van der Waals surface area contributed by atoms with E-state index in [0.717, 1.165) is 77.0 Å². The van der Waals surface area contributed by atoms with Gasteiger partial charge in [-0.15, -0.1) is 0 Å². The van der Waals surface area contributed by atoms with Crippen molar-refractivity contribution in [2.45, 2.75) is 187 Å². The Hall–Kier alpha value is -2.17. The first-order valence-corrected chi connectivity index (χ1v) is 19.7. The molecule has 3 N–H and O–H groups in total. The number of rotatable bonds is 34. The van der Waals surface area contributed by atoms with Gasteiger partial charge >= 0.3 is 0 Å². The third kappa shape index (κ3) is 35.0. The van der Waals surface area contributed by atoms with Crippen molar-refractivity contribution in [2.75, 3.05) is 6.61 Å². The average Bonchev–Trinajstić information content (AvgIpc) is 3.07. The van der Waals surface area contributed by atoms with Gasteiger partial charge in [0.15, 0.2) is 0 Å². The Bertz CT molecular complexity index is 838. The number of aliphatic hydroxyl groups is 2. The van der Waals surface area contributed by atoms with Gasteiger partial charge in [0, 0.05) is 6.42 Å². The third-order valence-corrected chi connectivity index (χ3v) is 8.42. The zero-order valence-corrected chi connectivity index (χ0v) is 30.8. The van der Waals surface area contributed by atoms with Gasteiger partial charge < -0.3 is 15.5 Å². The Labute approximate surface area is 291 Å². The van der Waals surface area contributed by atoms with E-state index in [1.54, 1.807) is 6.08 Å². The molecule has 270 valence electrons. The van der Waals surface area contributed by atoms with Crippen LogP contribution in [0.25, 0.3) is 0 Å². The molecule has 0 aliphatic carbocycles. The van der Waals surface area contributed by atoms with E-state index in [9.17, 15) is 15.0 Å². The molecule has 0 heterocycles. The fourth-order valence-electron chi connectivity index (χ4n) is 5.42. The number of nitrogens with one attached hydrogen (secondary N) is 1. The van der Waals surface area contributed by atoms with Crippen LogP contribution in [-0.4, -0.2) is 34.9 Å². The maximum Gasteiger partial charge on any atom is 0.220 e. The molecule has 0 aromatic carbocycles. The minimum atomic E-state index is -0.875. The van der Waals surface area contributed by atoms with E-state index in [1.165, 1.54) is 77.0 Å². The van der Waals surface area contributed by atoms with Crippen molar-refractivity contribution in [3.63, 3.8) is 0 Å². The fraction of sp³-hybridized carbons (Fsp3) is 0.698. The largest absolute Gasteiger partial charge is 0.394 e. The van der Waals surface area contributed by atoms with Crippen molar-refractivity contribution in [3.8, 4) is 0 Å². The highest BCUT2D eigenvalue weighted by Crippen LogP contribution is 2.13. The normalized spacial score (nSPS) is 13.9. The number of carbonyl (C=O) groups excluding carboxylic acids is 1. The van der Waals surface area contributed by atoms with Crippen molar-refractivity contribution in [2.24, 2.45) is 0 Å². The van der Waals surface area contributed by atoms with E-state index in [1.807, 2.05) is 6.08 Å². The van der Waals surface area contributed by atoms with Crippen LogP contribution in [-0.2, 0) is 4.79 Å². The first kappa shape index (κ1) is 44.8. The molecule has 2 atom stereocenters. The molecule has 0 rings (SSSR count). The Morgan fingerprint density at radius 3 is 1.49 bits per heavy atom. The molecule has 0 radical (unpaired) electrons. The second-order valence-corrected chi connectivity index (χ2v) is 13.0. The standard InChI is InChI=1S/C43H75NO3/c1-3-5-7-9-11-13-15-17-19-21-23-24-26-28-30-32-34-36-38-42(46)41(40-45)44-43(47)39-37-35-33-31-29-27-25-22-20-18-16-14-12-10-8-6-4-2/h6,8,12,14,18,20,25,27-28,30,36,38,41-42,45-46H,3-5,7,9-11,13,15-17,19,21-24,26,29,31-35,37,39-40H2,1-2H3,(H,44,47)/b8-6-,14-12-,20-18-,27-25-,30-28+,38-36+. The monoisotopic (exact) mass is 654 g/mol. The molecular weight excluding hydrogens is 578 g/mol. The summed E-state index contributed by atoms with van der Waals surface area (Å²) in [6, 6.07) is -0.654.